The zero-order chi connectivity index (χ0) is 22.3. The molecular weight excluding hydrogens is 418 g/mol. The van der Waals surface area contributed by atoms with Gasteiger partial charge in [-0.1, -0.05) is 18.2 Å². The molecule has 3 aromatic rings. The number of amidine groups is 1. The number of hydrogen-bond donors (Lipinski definition) is 1. The fraction of sp³-hybridized carbons (Fsp3) is 0.0952. The molecule has 1 aliphatic heterocycles. The van der Waals surface area contributed by atoms with Gasteiger partial charge in [0.05, 0.1) is 21.2 Å². The zero-order valence-corrected chi connectivity index (χ0v) is 17.4. The van der Waals surface area contributed by atoms with Crippen molar-refractivity contribution in [3.05, 3.63) is 91.2 Å². The minimum atomic E-state index is -0.500. The SMILES string of the molecule is Cc1c(N2C(=N)S/C(=C\c3ccc([N+](=O)[O-])cc3)C2=O)c(=O)n(-c2ccccc2)n1C. The van der Waals surface area contributed by atoms with Crippen molar-refractivity contribution < 1.29 is 9.72 Å². The number of para-hydroxylation sites is 1. The standard InChI is InChI=1S/C21H17N5O4S/c1-13-18(20(28)25(23(13)2)15-6-4-3-5-7-15)24-19(27)17(31-21(24)22)12-14-8-10-16(11-9-14)26(29)30/h3-12,22H,1-2H3/b17-12-,22-21?. The van der Waals surface area contributed by atoms with Gasteiger partial charge in [0.2, 0.25) is 0 Å². The van der Waals surface area contributed by atoms with Gasteiger partial charge in [-0.15, -0.1) is 0 Å². The molecule has 1 N–H and O–H groups in total. The van der Waals surface area contributed by atoms with Crippen molar-refractivity contribution in [3.63, 3.8) is 0 Å². The molecule has 10 heteroatoms. The third-order valence-electron chi connectivity index (χ3n) is 4.97. The van der Waals surface area contributed by atoms with Crippen molar-refractivity contribution in [1.29, 1.82) is 5.41 Å². The summed E-state index contributed by atoms with van der Waals surface area (Å²) < 4.78 is 3.10. The van der Waals surface area contributed by atoms with E-state index < -0.39 is 16.4 Å². The molecule has 31 heavy (non-hydrogen) atoms. The lowest BCUT2D eigenvalue weighted by Gasteiger charge is -2.12. The first kappa shape index (κ1) is 20.4. The van der Waals surface area contributed by atoms with Gasteiger partial charge in [0.25, 0.3) is 17.2 Å². The number of rotatable bonds is 4. The maximum atomic E-state index is 13.2. The van der Waals surface area contributed by atoms with Crippen molar-refractivity contribution in [2.75, 3.05) is 4.90 Å². The van der Waals surface area contributed by atoms with Crippen LogP contribution in [-0.4, -0.2) is 25.4 Å². The molecule has 156 valence electrons. The van der Waals surface area contributed by atoms with Crippen molar-refractivity contribution in [2.45, 2.75) is 6.92 Å². The van der Waals surface area contributed by atoms with Gasteiger partial charge in [-0.2, -0.15) is 0 Å². The lowest BCUT2D eigenvalue weighted by atomic mass is 10.2. The van der Waals surface area contributed by atoms with Gasteiger partial charge in [-0.05, 0) is 54.6 Å². The topological polar surface area (TPSA) is 114 Å². The van der Waals surface area contributed by atoms with E-state index in [1.165, 1.54) is 28.9 Å². The number of carbonyl (C=O) groups excluding carboxylic acids is 1. The quantitative estimate of drug-likeness (QED) is 0.383. The van der Waals surface area contributed by atoms with Crippen LogP contribution in [0.2, 0.25) is 0 Å². The fourth-order valence-corrected chi connectivity index (χ4v) is 4.19. The number of thioether (sulfide) groups is 1. The van der Waals surface area contributed by atoms with E-state index in [2.05, 4.69) is 0 Å². The van der Waals surface area contributed by atoms with E-state index >= 15 is 0 Å². The van der Waals surface area contributed by atoms with Crippen LogP contribution in [0.5, 0.6) is 0 Å². The number of nitrogens with zero attached hydrogens (tertiary/aromatic N) is 4. The Balaban J connectivity index is 1.73. The molecule has 0 atom stereocenters. The summed E-state index contributed by atoms with van der Waals surface area (Å²) in [6.45, 7) is 1.72. The van der Waals surface area contributed by atoms with E-state index in [1.807, 2.05) is 18.2 Å². The summed E-state index contributed by atoms with van der Waals surface area (Å²) in [6, 6.07) is 14.8. The van der Waals surface area contributed by atoms with Gasteiger partial charge in [0, 0.05) is 19.2 Å². The molecule has 0 aliphatic carbocycles. The highest BCUT2D eigenvalue weighted by Gasteiger charge is 2.37. The van der Waals surface area contributed by atoms with Crippen LogP contribution >= 0.6 is 11.8 Å². The lowest BCUT2D eigenvalue weighted by Crippen LogP contribution is -2.33. The van der Waals surface area contributed by atoms with Crippen LogP contribution in [0.15, 0.2) is 64.3 Å². The van der Waals surface area contributed by atoms with Crippen molar-refractivity contribution in [2.24, 2.45) is 7.05 Å². The van der Waals surface area contributed by atoms with E-state index in [0.717, 1.165) is 16.7 Å². The second-order valence-electron chi connectivity index (χ2n) is 6.82. The molecule has 0 saturated carbocycles. The Morgan fingerprint density at radius 2 is 1.71 bits per heavy atom. The number of aromatic nitrogens is 2. The summed E-state index contributed by atoms with van der Waals surface area (Å²) in [5.74, 6) is -0.487. The predicted molar refractivity (Wildman–Crippen MR) is 120 cm³/mol. The minimum absolute atomic E-state index is 0.0525. The summed E-state index contributed by atoms with van der Waals surface area (Å²) in [5, 5.41) is 19.1. The second-order valence-corrected chi connectivity index (χ2v) is 7.85. The Bertz CT molecular complexity index is 1310. The average Bonchev–Trinajstić information content (AvgIpc) is 3.14. The van der Waals surface area contributed by atoms with Crippen molar-refractivity contribution in [1.82, 2.24) is 9.36 Å². The van der Waals surface area contributed by atoms with E-state index in [1.54, 1.807) is 36.9 Å². The smallest absolute Gasteiger partial charge is 0.283 e. The molecule has 9 nitrogen and oxygen atoms in total. The van der Waals surface area contributed by atoms with Crippen molar-refractivity contribution in [3.8, 4) is 5.69 Å². The molecule has 1 amide bonds. The first-order valence-corrected chi connectivity index (χ1v) is 10.0. The number of amides is 1. The molecule has 0 spiro atoms. The molecule has 0 bridgehead atoms. The molecule has 0 radical (unpaired) electrons. The van der Waals surface area contributed by atoms with E-state index in [4.69, 9.17) is 5.41 Å². The molecule has 1 fully saturated rings. The number of carbonyl (C=O) groups is 1. The number of anilines is 1. The van der Waals surface area contributed by atoms with E-state index in [9.17, 15) is 19.7 Å². The fourth-order valence-electron chi connectivity index (χ4n) is 3.35. The highest BCUT2D eigenvalue weighted by Crippen LogP contribution is 2.35. The maximum Gasteiger partial charge on any atom is 0.296 e. The Labute approximate surface area is 180 Å². The normalized spacial score (nSPS) is 15.2. The van der Waals surface area contributed by atoms with Crippen molar-refractivity contribution >= 4 is 40.3 Å². The van der Waals surface area contributed by atoms with Crippen LogP contribution in [-0.2, 0) is 11.8 Å². The van der Waals surface area contributed by atoms with Crippen LogP contribution in [0, 0.1) is 22.4 Å². The molecule has 1 saturated heterocycles. The first-order chi connectivity index (χ1) is 14.8. The molecule has 4 rings (SSSR count). The monoisotopic (exact) mass is 435 g/mol. The minimum Gasteiger partial charge on any atom is -0.283 e. The lowest BCUT2D eigenvalue weighted by molar-refractivity contribution is -0.384. The summed E-state index contributed by atoms with van der Waals surface area (Å²) in [5.41, 5.74) is 1.45. The number of nitro groups is 1. The molecule has 2 aromatic carbocycles. The molecule has 1 aliphatic rings. The summed E-state index contributed by atoms with van der Waals surface area (Å²) in [7, 11) is 1.72. The molecule has 2 heterocycles. The predicted octanol–water partition coefficient (Wildman–Crippen LogP) is 3.45. The van der Waals surface area contributed by atoms with Gasteiger partial charge in [0.15, 0.2) is 5.17 Å². The highest BCUT2D eigenvalue weighted by molar-refractivity contribution is 8.19. The summed E-state index contributed by atoms with van der Waals surface area (Å²) >= 11 is 0.940. The maximum absolute atomic E-state index is 13.2. The van der Waals surface area contributed by atoms with Gasteiger partial charge in [-0.3, -0.25) is 29.8 Å². The van der Waals surface area contributed by atoms with Gasteiger partial charge >= 0.3 is 0 Å². The number of nitrogens with one attached hydrogen (secondary N) is 1. The first-order valence-electron chi connectivity index (χ1n) is 9.20. The number of hydrogen-bond acceptors (Lipinski definition) is 6. The zero-order valence-electron chi connectivity index (χ0n) is 16.6. The largest absolute Gasteiger partial charge is 0.296 e. The number of non-ortho nitro benzene ring substituents is 1. The second kappa shape index (κ2) is 7.73. The highest BCUT2D eigenvalue weighted by atomic mass is 32.2. The Morgan fingerprint density at radius 3 is 2.32 bits per heavy atom. The number of nitro benzene ring substituents is 1. The van der Waals surface area contributed by atoms with Crippen LogP contribution in [0.3, 0.4) is 0 Å². The van der Waals surface area contributed by atoms with Crippen LogP contribution in [0.25, 0.3) is 11.8 Å². The molecule has 0 unspecified atom stereocenters. The van der Waals surface area contributed by atoms with Gasteiger partial charge in [-0.25, -0.2) is 9.58 Å². The van der Waals surface area contributed by atoms with E-state index in [-0.39, 0.29) is 21.4 Å². The van der Waals surface area contributed by atoms with Gasteiger partial charge in [0.1, 0.15) is 5.69 Å². The third-order valence-corrected chi connectivity index (χ3v) is 5.86. The Morgan fingerprint density at radius 1 is 1.06 bits per heavy atom. The third kappa shape index (κ3) is 3.46. The van der Waals surface area contributed by atoms with Gasteiger partial charge < -0.3 is 0 Å². The van der Waals surface area contributed by atoms with Crippen LogP contribution in [0.1, 0.15) is 11.3 Å². The Hall–Kier alpha value is -3.92. The summed E-state index contributed by atoms with van der Waals surface area (Å²) in [6.07, 6.45) is 1.55. The summed E-state index contributed by atoms with van der Waals surface area (Å²) in [4.78, 5) is 38.0. The van der Waals surface area contributed by atoms with Crippen LogP contribution in [0.4, 0.5) is 11.4 Å². The van der Waals surface area contributed by atoms with Crippen LogP contribution < -0.4 is 10.5 Å². The Kier molecular flexibility index (Phi) is 5.07. The average molecular weight is 435 g/mol. The number of benzene rings is 2. The van der Waals surface area contributed by atoms with E-state index in [0.29, 0.717) is 16.9 Å². The molecule has 1 aromatic heterocycles. The molecular formula is C21H17N5O4S.